The third-order valence-corrected chi connectivity index (χ3v) is 3.47. The number of unbranched alkanes of at least 4 members (excludes halogenated alkanes) is 1. The average molecular weight is 257 g/mol. The molecule has 0 heterocycles. The maximum Gasteiger partial charge on any atom is 0.326 e. The van der Waals surface area contributed by atoms with Crippen LogP contribution in [0.2, 0.25) is 0 Å². The van der Waals surface area contributed by atoms with Crippen LogP contribution in [-0.2, 0) is 9.59 Å². The van der Waals surface area contributed by atoms with E-state index in [1.54, 1.807) is 0 Å². The van der Waals surface area contributed by atoms with E-state index >= 15 is 0 Å². The van der Waals surface area contributed by atoms with Crippen LogP contribution in [0.15, 0.2) is 0 Å². The minimum atomic E-state index is -0.994. The van der Waals surface area contributed by atoms with Crippen molar-refractivity contribution in [3.63, 3.8) is 0 Å². The Morgan fingerprint density at radius 1 is 1.33 bits per heavy atom. The molecule has 1 rings (SSSR count). The van der Waals surface area contributed by atoms with Crippen molar-refractivity contribution < 1.29 is 14.7 Å². The van der Waals surface area contributed by atoms with Crippen LogP contribution in [0.4, 0.5) is 0 Å². The van der Waals surface area contributed by atoms with E-state index in [4.69, 9.17) is 16.6 Å². The fourth-order valence-electron chi connectivity index (χ4n) is 2.34. The molecule has 1 fully saturated rings. The molecule has 0 aromatic rings. The van der Waals surface area contributed by atoms with E-state index in [1.165, 1.54) is 0 Å². The molecule has 1 saturated carbocycles. The molecule has 0 bridgehead atoms. The summed E-state index contributed by atoms with van der Waals surface area (Å²) in [6.45, 7) is 0.536. The fraction of sp³-hybridized carbons (Fsp3) is 0.833. The number of hydrogen-bond donors (Lipinski definition) is 4. The monoisotopic (exact) mass is 257 g/mol. The number of carbonyl (C=O) groups is 2. The highest BCUT2D eigenvalue weighted by atomic mass is 16.4. The second kappa shape index (κ2) is 7.33. The highest BCUT2D eigenvalue weighted by molar-refractivity contribution is 5.85. The number of carboxylic acids is 1. The first-order chi connectivity index (χ1) is 8.56. The topological polar surface area (TPSA) is 118 Å². The van der Waals surface area contributed by atoms with Gasteiger partial charge in [-0.1, -0.05) is 6.42 Å². The van der Waals surface area contributed by atoms with Gasteiger partial charge in [-0.3, -0.25) is 4.79 Å². The number of hydrogen-bond acceptors (Lipinski definition) is 4. The zero-order valence-electron chi connectivity index (χ0n) is 10.6. The molecule has 1 amide bonds. The Hall–Kier alpha value is -1.14. The first kappa shape index (κ1) is 14.9. The van der Waals surface area contributed by atoms with Crippen LogP contribution >= 0.6 is 0 Å². The van der Waals surface area contributed by atoms with Crippen molar-refractivity contribution in [1.29, 1.82) is 0 Å². The van der Waals surface area contributed by atoms with Gasteiger partial charge < -0.3 is 21.9 Å². The molecule has 6 N–H and O–H groups in total. The van der Waals surface area contributed by atoms with Gasteiger partial charge in [0.2, 0.25) is 5.91 Å². The maximum atomic E-state index is 11.9. The van der Waals surface area contributed by atoms with Gasteiger partial charge in [0.15, 0.2) is 0 Å². The number of rotatable bonds is 7. The lowest BCUT2D eigenvalue weighted by Crippen LogP contribution is -2.46. The molecule has 1 aliphatic carbocycles. The van der Waals surface area contributed by atoms with E-state index in [-0.39, 0.29) is 17.9 Å². The van der Waals surface area contributed by atoms with Crippen LogP contribution in [0.1, 0.15) is 38.5 Å². The van der Waals surface area contributed by atoms with Crippen LogP contribution in [0, 0.1) is 5.92 Å². The minimum absolute atomic E-state index is 0.136. The summed E-state index contributed by atoms with van der Waals surface area (Å²) in [6, 6.07) is -0.958. The summed E-state index contributed by atoms with van der Waals surface area (Å²) >= 11 is 0. The average Bonchev–Trinajstić information content (AvgIpc) is 2.74. The van der Waals surface area contributed by atoms with Crippen LogP contribution in [0.25, 0.3) is 0 Å². The molecule has 18 heavy (non-hydrogen) atoms. The zero-order valence-corrected chi connectivity index (χ0v) is 10.6. The number of aliphatic carboxylic acids is 1. The summed E-state index contributed by atoms with van der Waals surface area (Å²) < 4.78 is 0. The van der Waals surface area contributed by atoms with Crippen LogP contribution in [0.3, 0.4) is 0 Å². The molecular formula is C12H23N3O3. The van der Waals surface area contributed by atoms with Gasteiger partial charge in [-0.15, -0.1) is 0 Å². The van der Waals surface area contributed by atoms with Gasteiger partial charge >= 0.3 is 5.97 Å². The number of amides is 1. The lowest BCUT2D eigenvalue weighted by atomic mass is 10.0. The maximum absolute atomic E-state index is 11.9. The first-order valence-electron chi connectivity index (χ1n) is 6.55. The van der Waals surface area contributed by atoms with Crippen molar-refractivity contribution in [2.75, 3.05) is 6.54 Å². The fourth-order valence-corrected chi connectivity index (χ4v) is 2.34. The van der Waals surface area contributed by atoms with Crippen molar-refractivity contribution >= 4 is 11.9 Å². The van der Waals surface area contributed by atoms with Gasteiger partial charge in [-0.2, -0.15) is 0 Å². The van der Waals surface area contributed by atoms with E-state index in [0.29, 0.717) is 19.4 Å². The van der Waals surface area contributed by atoms with E-state index in [1.807, 2.05) is 0 Å². The number of carbonyl (C=O) groups excluding carboxylic acids is 1. The molecule has 3 atom stereocenters. The van der Waals surface area contributed by atoms with Crippen LogP contribution in [-0.4, -0.2) is 35.6 Å². The molecular weight excluding hydrogens is 234 g/mol. The highest BCUT2D eigenvalue weighted by Crippen LogP contribution is 2.24. The van der Waals surface area contributed by atoms with Gasteiger partial charge in [0.05, 0.1) is 5.92 Å². The Balaban J connectivity index is 2.44. The Bertz CT molecular complexity index is 296. The summed E-state index contributed by atoms with van der Waals surface area (Å²) in [5.41, 5.74) is 11.2. The third-order valence-electron chi connectivity index (χ3n) is 3.47. The van der Waals surface area contributed by atoms with E-state index in [9.17, 15) is 9.59 Å². The van der Waals surface area contributed by atoms with Gasteiger partial charge in [0.25, 0.3) is 0 Å². The predicted molar refractivity (Wildman–Crippen MR) is 67.8 cm³/mol. The molecule has 6 heteroatoms. The standard InChI is InChI=1S/C12H23N3O3/c13-7-2-1-6-10(12(17)18)15-11(16)8-4-3-5-9(8)14/h8-10H,1-7,13-14H2,(H,15,16)(H,17,18)/t8-,9+,10-/m0/s1. The lowest BCUT2D eigenvalue weighted by molar-refractivity contribution is -0.142. The van der Waals surface area contributed by atoms with Gasteiger partial charge in [-0.05, 0) is 38.6 Å². The molecule has 0 saturated heterocycles. The summed E-state index contributed by atoms with van der Waals surface area (Å²) in [5.74, 6) is -1.45. The zero-order chi connectivity index (χ0) is 13.5. The Kier molecular flexibility index (Phi) is 6.07. The van der Waals surface area contributed by atoms with Crippen molar-refractivity contribution in [2.45, 2.75) is 50.6 Å². The first-order valence-corrected chi connectivity index (χ1v) is 6.55. The molecule has 0 unspecified atom stereocenters. The Morgan fingerprint density at radius 2 is 2.06 bits per heavy atom. The smallest absolute Gasteiger partial charge is 0.326 e. The molecule has 1 aliphatic rings. The van der Waals surface area contributed by atoms with E-state index in [2.05, 4.69) is 5.32 Å². The molecule has 0 spiro atoms. The molecule has 104 valence electrons. The number of carboxylic acid groups (broad SMARTS) is 1. The predicted octanol–water partition coefficient (Wildman–Crippen LogP) is -0.188. The van der Waals surface area contributed by atoms with Gasteiger partial charge in [0, 0.05) is 6.04 Å². The minimum Gasteiger partial charge on any atom is -0.480 e. The normalized spacial score (nSPS) is 24.8. The quantitative estimate of drug-likeness (QED) is 0.471. The van der Waals surface area contributed by atoms with Gasteiger partial charge in [-0.25, -0.2) is 4.79 Å². The summed E-state index contributed by atoms with van der Waals surface area (Å²) in [5, 5.41) is 11.6. The van der Waals surface area contributed by atoms with Crippen LogP contribution in [0.5, 0.6) is 0 Å². The molecule has 0 aromatic heterocycles. The number of nitrogens with two attached hydrogens (primary N) is 2. The molecule has 0 aromatic carbocycles. The Morgan fingerprint density at radius 3 is 2.56 bits per heavy atom. The molecule has 0 radical (unpaired) electrons. The SMILES string of the molecule is NCCCC[C@H](NC(=O)[C@H]1CCC[C@H]1N)C(=O)O. The Labute approximate surface area is 107 Å². The summed E-state index contributed by atoms with van der Waals surface area (Å²) in [6.07, 6.45) is 4.41. The lowest BCUT2D eigenvalue weighted by Gasteiger charge is -2.19. The van der Waals surface area contributed by atoms with Crippen molar-refractivity contribution in [1.82, 2.24) is 5.32 Å². The molecule has 6 nitrogen and oxygen atoms in total. The summed E-state index contributed by atoms with van der Waals surface area (Å²) in [7, 11) is 0. The van der Waals surface area contributed by atoms with E-state index in [0.717, 1.165) is 25.7 Å². The third kappa shape index (κ3) is 4.27. The number of nitrogens with one attached hydrogen (secondary N) is 1. The van der Waals surface area contributed by atoms with Crippen molar-refractivity contribution in [3.8, 4) is 0 Å². The molecule has 0 aliphatic heterocycles. The van der Waals surface area contributed by atoms with E-state index < -0.39 is 12.0 Å². The second-order valence-corrected chi connectivity index (χ2v) is 4.89. The largest absolute Gasteiger partial charge is 0.480 e. The van der Waals surface area contributed by atoms with Crippen molar-refractivity contribution in [2.24, 2.45) is 17.4 Å². The second-order valence-electron chi connectivity index (χ2n) is 4.89. The van der Waals surface area contributed by atoms with Gasteiger partial charge in [0.1, 0.15) is 6.04 Å². The van der Waals surface area contributed by atoms with Crippen molar-refractivity contribution in [3.05, 3.63) is 0 Å². The van der Waals surface area contributed by atoms with Crippen LogP contribution < -0.4 is 16.8 Å². The summed E-state index contributed by atoms with van der Waals surface area (Å²) in [4.78, 5) is 23.0. The highest BCUT2D eigenvalue weighted by Gasteiger charge is 2.32.